The number of rotatable bonds is 14. The Morgan fingerprint density at radius 3 is 2.31 bits per heavy atom. The number of aromatic nitrogens is 2. The number of unbranched alkanes of at least 4 members (excludes halogenated alkanes) is 4. The minimum atomic E-state index is 0.125. The molecule has 1 amide bonds. The first-order valence-corrected chi connectivity index (χ1v) is 15.0. The van der Waals surface area contributed by atoms with Gasteiger partial charge in [0.25, 0.3) is 5.91 Å². The first-order valence-electron chi connectivity index (χ1n) is 15.0. The van der Waals surface area contributed by atoms with Gasteiger partial charge in [-0.25, -0.2) is 4.52 Å². The van der Waals surface area contributed by atoms with E-state index in [9.17, 15) is 4.79 Å². The fraction of sp³-hybridized carbons (Fsp3) is 0.515. The summed E-state index contributed by atoms with van der Waals surface area (Å²) < 4.78 is 7.29. The summed E-state index contributed by atoms with van der Waals surface area (Å²) in [5, 5.41) is 4.96. The molecule has 0 N–H and O–H groups in total. The summed E-state index contributed by atoms with van der Waals surface area (Å²) in [4.78, 5) is 18.3. The predicted molar refractivity (Wildman–Crippen MR) is 161 cm³/mol. The van der Waals surface area contributed by atoms with E-state index < -0.39 is 0 Å². The number of fused-ring (bicyclic) bond motifs is 1. The SMILES string of the molecule is CCCCCN(CCCCC)C(=O)c1ccn2nc(-c3ccc(OC)cc3)c(C=CCN3CCCCC3)c2c1. The second kappa shape index (κ2) is 14.9. The summed E-state index contributed by atoms with van der Waals surface area (Å²) in [7, 11) is 1.68. The molecule has 1 aromatic carbocycles. The Morgan fingerprint density at radius 1 is 0.974 bits per heavy atom. The zero-order valence-corrected chi connectivity index (χ0v) is 24.2. The maximum atomic E-state index is 13.7. The fourth-order valence-corrected chi connectivity index (χ4v) is 5.39. The van der Waals surface area contributed by atoms with E-state index >= 15 is 0 Å². The quantitative estimate of drug-likeness (QED) is 0.205. The van der Waals surface area contributed by atoms with Crippen LogP contribution >= 0.6 is 0 Å². The maximum Gasteiger partial charge on any atom is 0.253 e. The van der Waals surface area contributed by atoms with Gasteiger partial charge in [0.05, 0.1) is 12.6 Å². The van der Waals surface area contributed by atoms with Gasteiger partial charge in [-0.2, -0.15) is 5.10 Å². The Hall–Kier alpha value is -3.12. The molecule has 1 fully saturated rings. The van der Waals surface area contributed by atoms with Crippen LogP contribution in [-0.4, -0.2) is 65.2 Å². The lowest BCUT2D eigenvalue weighted by atomic mass is 10.0. The third kappa shape index (κ3) is 7.72. The molecule has 1 aliphatic heterocycles. The molecule has 0 spiro atoms. The molecule has 1 aliphatic rings. The van der Waals surface area contributed by atoms with Crippen LogP contribution in [0.3, 0.4) is 0 Å². The molecule has 3 heterocycles. The van der Waals surface area contributed by atoms with Crippen LogP contribution in [0, 0.1) is 0 Å². The van der Waals surface area contributed by atoms with E-state index in [4.69, 9.17) is 9.84 Å². The molecule has 0 aliphatic carbocycles. The number of likely N-dealkylation sites (tertiary alicyclic amines) is 1. The number of amides is 1. The Labute approximate surface area is 234 Å². The van der Waals surface area contributed by atoms with Crippen LogP contribution in [0.25, 0.3) is 22.9 Å². The summed E-state index contributed by atoms with van der Waals surface area (Å²) >= 11 is 0. The van der Waals surface area contributed by atoms with Crippen molar-refractivity contribution in [3.63, 3.8) is 0 Å². The molecule has 3 aromatic rings. The van der Waals surface area contributed by atoms with E-state index in [1.165, 1.54) is 19.3 Å². The number of hydrogen-bond donors (Lipinski definition) is 0. The van der Waals surface area contributed by atoms with Crippen LogP contribution < -0.4 is 4.74 Å². The number of ether oxygens (including phenoxy) is 1. The predicted octanol–water partition coefficient (Wildman–Crippen LogP) is 7.33. The number of carbonyl (C=O) groups excluding carboxylic acids is 1. The molecule has 6 heteroatoms. The van der Waals surface area contributed by atoms with Crippen LogP contribution in [0.2, 0.25) is 0 Å². The van der Waals surface area contributed by atoms with Gasteiger partial charge in [0.2, 0.25) is 0 Å². The molecule has 0 atom stereocenters. The normalized spacial score (nSPS) is 14.3. The third-order valence-corrected chi connectivity index (χ3v) is 7.73. The summed E-state index contributed by atoms with van der Waals surface area (Å²) in [5.74, 6) is 0.948. The van der Waals surface area contributed by atoms with Crippen molar-refractivity contribution in [2.24, 2.45) is 0 Å². The molecule has 210 valence electrons. The van der Waals surface area contributed by atoms with Gasteiger partial charge in [-0.1, -0.05) is 58.1 Å². The van der Waals surface area contributed by atoms with Crippen LogP contribution in [0.15, 0.2) is 48.7 Å². The Kier molecular flexibility index (Phi) is 11.0. The Balaban J connectivity index is 1.67. The molecule has 1 saturated heterocycles. The number of nitrogens with zero attached hydrogens (tertiary/aromatic N) is 4. The zero-order valence-electron chi connectivity index (χ0n) is 24.2. The minimum Gasteiger partial charge on any atom is -0.497 e. The van der Waals surface area contributed by atoms with E-state index in [-0.39, 0.29) is 5.91 Å². The van der Waals surface area contributed by atoms with Gasteiger partial charge < -0.3 is 9.64 Å². The van der Waals surface area contributed by atoms with Crippen LogP contribution in [0.1, 0.15) is 87.6 Å². The van der Waals surface area contributed by atoms with Crippen molar-refractivity contribution in [2.45, 2.75) is 71.6 Å². The molecule has 2 aromatic heterocycles. The first-order chi connectivity index (χ1) is 19.1. The van der Waals surface area contributed by atoms with Crippen LogP contribution in [-0.2, 0) is 0 Å². The highest BCUT2D eigenvalue weighted by molar-refractivity contribution is 5.96. The monoisotopic (exact) mass is 530 g/mol. The summed E-state index contributed by atoms with van der Waals surface area (Å²) in [6.45, 7) is 9.31. The first kappa shape index (κ1) is 28.9. The minimum absolute atomic E-state index is 0.125. The second-order valence-electron chi connectivity index (χ2n) is 10.7. The highest BCUT2D eigenvalue weighted by Crippen LogP contribution is 2.30. The van der Waals surface area contributed by atoms with E-state index in [0.717, 1.165) is 105 Å². The molecular weight excluding hydrogens is 484 g/mol. The van der Waals surface area contributed by atoms with Crippen LogP contribution in [0.5, 0.6) is 5.75 Å². The average Bonchev–Trinajstić information content (AvgIpc) is 3.34. The lowest BCUT2D eigenvalue weighted by Gasteiger charge is -2.24. The van der Waals surface area contributed by atoms with E-state index in [2.05, 4.69) is 47.9 Å². The van der Waals surface area contributed by atoms with Gasteiger partial charge in [0.1, 0.15) is 11.4 Å². The van der Waals surface area contributed by atoms with Crippen molar-refractivity contribution in [3.8, 4) is 17.0 Å². The number of benzene rings is 1. The number of methoxy groups -OCH3 is 1. The Morgan fingerprint density at radius 2 is 1.67 bits per heavy atom. The van der Waals surface area contributed by atoms with E-state index in [1.54, 1.807) is 7.11 Å². The number of piperidine rings is 1. The van der Waals surface area contributed by atoms with Crippen molar-refractivity contribution in [2.75, 3.05) is 39.8 Å². The largest absolute Gasteiger partial charge is 0.497 e. The summed E-state index contributed by atoms with van der Waals surface area (Å²) in [6.07, 6.45) is 17.0. The van der Waals surface area contributed by atoms with Crippen molar-refractivity contribution in [1.29, 1.82) is 0 Å². The molecule has 0 saturated carbocycles. The Bertz CT molecular complexity index is 1200. The summed E-state index contributed by atoms with van der Waals surface area (Å²) in [5.41, 5.74) is 4.70. The molecule has 0 radical (unpaired) electrons. The van der Waals surface area contributed by atoms with Gasteiger partial charge in [-0.15, -0.1) is 0 Å². The lowest BCUT2D eigenvalue weighted by Crippen LogP contribution is -2.33. The van der Waals surface area contributed by atoms with Crippen molar-refractivity contribution in [1.82, 2.24) is 19.4 Å². The summed E-state index contributed by atoms with van der Waals surface area (Å²) in [6, 6.07) is 12.0. The van der Waals surface area contributed by atoms with Gasteiger partial charge >= 0.3 is 0 Å². The third-order valence-electron chi connectivity index (χ3n) is 7.73. The van der Waals surface area contributed by atoms with Gasteiger partial charge in [-0.05, 0) is 75.2 Å². The van der Waals surface area contributed by atoms with Crippen molar-refractivity contribution >= 4 is 17.5 Å². The number of pyridine rings is 1. The van der Waals surface area contributed by atoms with Crippen molar-refractivity contribution < 1.29 is 9.53 Å². The number of carbonyl (C=O) groups is 1. The molecular formula is C33H46N4O2. The molecule has 0 bridgehead atoms. The van der Waals surface area contributed by atoms with Gasteiger partial charge in [0, 0.05) is 42.5 Å². The zero-order chi connectivity index (χ0) is 27.5. The topological polar surface area (TPSA) is 50.1 Å². The molecule has 6 nitrogen and oxygen atoms in total. The average molecular weight is 531 g/mol. The highest BCUT2D eigenvalue weighted by Gasteiger charge is 2.19. The highest BCUT2D eigenvalue weighted by atomic mass is 16.5. The molecule has 0 unspecified atom stereocenters. The lowest BCUT2D eigenvalue weighted by molar-refractivity contribution is 0.0749. The molecule has 4 rings (SSSR count). The molecule has 39 heavy (non-hydrogen) atoms. The number of hydrogen-bond acceptors (Lipinski definition) is 4. The van der Waals surface area contributed by atoms with Crippen molar-refractivity contribution in [3.05, 3.63) is 59.8 Å². The fourth-order valence-electron chi connectivity index (χ4n) is 5.39. The van der Waals surface area contributed by atoms with Gasteiger partial charge in [-0.3, -0.25) is 9.69 Å². The standard InChI is InChI=1S/C33H46N4O2/c1-4-6-9-23-36(24-10-7-5-2)33(38)28-19-25-37-31(26-28)30(14-13-22-35-20-11-8-12-21-35)32(34-37)27-15-17-29(39-3)18-16-27/h13-19,25-26H,4-12,20-24H2,1-3H3. The smallest absolute Gasteiger partial charge is 0.253 e. The van der Waals surface area contributed by atoms with E-state index in [0.29, 0.717) is 0 Å². The van der Waals surface area contributed by atoms with E-state index in [1.807, 2.05) is 35.0 Å². The second-order valence-corrected chi connectivity index (χ2v) is 10.7. The van der Waals surface area contributed by atoms with Gasteiger partial charge in [0.15, 0.2) is 0 Å². The maximum absolute atomic E-state index is 13.7. The van der Waals surface area contributed by atoms with Crippen LogP contribution in [0.4, 0.5) is 0 Å².